The minimum atomic E-state index is -1.10. The Balaban J connectivity index is 3.71. The van der Waals surface area contributed by atoms with Crippen LogP contribution in [-0.4, -0.2) is 46.1 Å². The lowest BCUT2D eigenvalue weighted by molar-refractivity contribution is -0.131. The fraction of sp³-hybridized carbons (Fsp3) is 0.875. The number of amides is 1. The molecule has 0 aliphatic carbocycles. The zero-order chi connectivity index (χ0) is 33.1. The van der Waals surface area contributed by atoms with Gasteiger partial charge in [-0.25, -0.2) is 0 Å². The summed E-state index contributed by atoms with van der Waals surface area (Å²) in [7, 11) is 0. The molecule has 3 atom stereocenters. The Labute approximate surface area is 280 Å². The van der Waals surface area contributed by atoms with Crippen LogP contribution in [0.15, 0.2) is 24.3 Å². The van der Waals surface area contributed by atoms with Crippen LogP contribution in [0.1, 0.15) is 200 Å². The number of hydrogen-bond donors (Lipinski definition) is 4. The van der Waals surface area contributed by atoms with Gasteiger partial charge in [0.05, 0.1) is 18.8 Å². The first kappa shape index (κ1) is 43.8. The number of hydrogen-bond acceptors (Lipinski definition) is 4. The van der Waals surface area contributed by atoms with Crippen molar-refractivity contribution in [1.82, 2.24) is 5.32 Å². The third kappa shape index (κ3) is 31.2. The second kappa shape index (κ2) is 35.7. The van der Waals surface area contributed by atoms with Gasteiger partial charge in [0.25, 0.3) is 0 Å². The summed E-state index contributed by atoms with van der Waals surface area (Å²) >= 11 is 0. The first-order valence-corrected chi connectivity index (χ1v) is 19.7. The van der Waals surface area contributed by atoms with Gasteiger partial charge >= 0.3 is 0 Å². The van der Waals surface area contributed by atoms with E-state index < -0.39 is 24.2 Å². The highest BCUT2D eigenvalue weighted by atomic mass is 16.3. The molecule has 0 aliphatic heterocycles. The number of aliphatic hydroxyl groups excluding tert-OH is 3. The zero-order valence-electron chi connectivity index (χ0n) is 30.0. The molecule has 0 rings (SSSR count). The lowest BCUT2D eigenvalue weighted by Gasteiger charge is -2.21. The molecule has 0 spiro atoms. The summed E-state index contributed by atoms with van der Waals surface area (Å²) in [6, 6.07) is -0.796. The molecule has 0 bridgehead atoms. The van der Waals surface area contributed by atoms with Crippen molar-refractivity contribution in [3.05, 3.63) is 24.3 Å². The van der Waals surface area contributed by atoms with Gasteiger partial charge in [-0.2, -0.15) is 0 Å². The number of unbranched alkanes of at least 4 members (excludes halogenated alkanes) is 25. The number of nitrogens with one attached hydrogen (secondary N) is 1. The average Bonchev–Trinajstić information content (AvgIpc) is 3.04. The molecule has 4 N–H and O–H groups in total. The van der Waals surface area contributed by atoms with Crippen molar-refractivity contribution < 1.29 is 20.1 Å². The van der Waals surface area contributed by atoms with E-state index in [0.717, 1.165) is 32.1 Å². The van der Waals surface area contributed by atoms with Crippen LogP contribution in [-0.2, 0) is 4.79 Å². The zero-order valence-corrected chi connectivity index (χ0v) is 30.0. The van der Waals surface area contributed by atoms with Crippen molar-refractivity contribution in [3.8, 4) is 0 Å². The van der Waals surface area contributed by atoms with Gasteiger partial charge in [0.2, 0.25) is 5.91 Å². The predicted molar refractivity (Wildman–Crippen MR) is 195 cm³/mol. The Kier molecular flexibility index (Phi) is 34.8. The molecular weight excluding hydrogens is 558 g/mol. The minimum absolute atomic E-state index is 0.364. The van der Waals surface area contributed by atoms with Crippen LogP contribution in [0.2, 0.25) is 0 Å². The minimum Gasteiger partial charge on any atom is -0.394 e. The summed E-state index contributed by atoms with van der Waals surface area (Å²) in [4.78, 5) is 12.4. The second-order valence-electron chi connectivity index (χ2n) is 13.5. The fourth-order valence-corrected chi connectivity index (χ4v) is 5.88. The van der Waals surface area contributed by atoms with Gasteiger partial charge in [0.15, 0.2) is 0 Å². The third-order valence-electron chi connectivity index (χ3n) is 9.04. The smallest absolute Gasteiger partial charge is 0.249 e. The average molecular weight is 636 g/mol. The van der Waals surface area contributed by atoms with E-state index in [-0.39, 0.29) is 6.61 Å². The summed E-state index contributed by atoms with van der Waals surface area (Å²) in [6.45, 7) is 4.16. The fourth-order valence-electron chi connectivity index (χ4n) is 5.88. The second-order valence-corrected chi connectivity index (χ2v) is 13.5. The molecule has 0 aromatic carbocycles. The first-order valence-electron chi connectivity index (χ1n) is 19.7. The molecule has 0 saturated carbocycles. The van der Waals surface area contributed by atoms with E-state index in [4.69, 9.17) is 0 Å². The maximum absolute atomic E-state index is 12.4. The number of rotatable bonds is 35. The van der Waals surface area contributed by atoms with Crippen LogP contribution in [0.4, 0.5) is 0 Å². The van der Waals surface area contributed by atoms with Gasteiger partial charge in [0, 0.05) is 0 Å². The molecule has 0 fully saturated rings. The van der Waals surface area contributed by atoms with Gasteiger partial charge in [-0.1, -0.05) is 179 Å². The number of allylic oxidation sites excluding steroid dienone is 3. The summed E-state index contributed by atoms with van der Waals surface area (Å²) in [6.07, 6.45) is 41.9. The highest BCUT2D eigenvalue weighted by Crippen LogP contribution is 2.14. The third-order valence-corrected chi connectivity index (χ3v) is 9.04. The number of carbonyl (C=O) groups is 1. The van der Waals surface area contributed by atoms with Crippen LogP contribution >= 0.6 is 0 Å². The summed E-state index contributed by atoms with van der Waals surface area (Å²) in [5, 5.41) is 33.0. The summed E-state index contributed by atoms with van der Waals surface area (Å²) < 4.78 is 0. The monoisotopic (exact) mass is 636 g/mol. The molecule has 3 unspecified atom stereocenters. The quantitative estimate of drug-likeness (QED) is 0.0412. The van der Waals surface area contributed by atoms with E-state index in [9.17, 15) is 20.1 Å². The lowest BCUT2D eigenvalue weighted by atomic mass is 10.0. The van der Waals surface area contributed by atoms with E-state index in [1.165, 1.54) is 148 Å². The Bertz CT molecular complexity index is 665. The van der Waals surface area contributed by atoms with Gasteiger partial charge < -0.3 is 20.6 Å². The van der Waals surface area contributed by atoms with Crippen molar-refractivity contribution in [2.24, 2.45) is 0 Å². The van der Waals surface area contributed by atoms with E-state index in [1.54, 1.807) is 6.08 Å². The van der Waals surface area contributed by atoms with Gasteiger partial charge in [-0.05, 0) is 44.9 Å². The molecular formula is C40H77NO4. The van der Waals surface area contributed by atoms with E-state index in [1.807, 2.05) is 6.08 Å². The standard InChI is InChI=1S/C40H77NO4/c1-3-5-7-9-11-13-15-17-18-19-20-21-22-23-25-27-29-31-33-35-39(44)40(45)41-37(36-42)38(43)34-32-30-28-26-24-16-14-12-10-8-6-4-2/h20-21,32,34,37-39,42-44H,3-19,22-31,33,35-36H2,1-2H3,(H,41,45)/b21-20-,34-32+. The molecule has 5 heteroatoms. The molecule has 0 radical (unpaired) electrons. The molecule has 0 aromatic heterocycles. The maximum atomic E-state index is 12.4. The van der Waals surface area contributed by atoms with E-state index >= 15 is 0 Å². The van der Waals surface area contributed by atoms with Crippen LogP contribution in [0.3, 0.4) is 0 Å². The van der Waals surface area contributed by atoms with Gasteiger partial charge in [-0.15, -0.1) is 0 Å². The molecule has 0 aliphatic rings. The predicted octanol–water partition coefficient (Wildman–Crippen LogP) is 10.7. The van der Waals surface area contributed by atoms with Gasteiger partial charge in [-0.3, -0.25) is 4.79 Å². The van der Waals surface area contributed by atoms with E-state index in [2.05, 4.69) is 31.3 Å². The van der Waals surface area contributed by atoms with Crippen LogP contribution in [0.5, 0.6) is 0 Å². The molecule has 1 amide bonds. The SMILES string of the molecule is CCCCCCCCCCC/C=C\CCCCCCCCC(O)C(=O)NC(CO)C(O)/C=C/CCCCCCCCCCCC. The Morgan fingerprint density at radius 1 is 0.533 bits per heavy atom. The topological polar surface area (TPSA) is 89.8 Å². The van der Waals surface area contributed by atoms with Gasteiger partial charge in [0.1, 0.15) is 6.10 Å². The summed E-state index contributed by atoms with van der Waals surface area (Å²) in [5.41, 5.74) is 0. The maximum Gasteiger partial charge on any atom is 0.249 e. The van der Waals surface area contributed by atoms with Crippen molar-refractivity contribution >= 4 is 5.91 Å². The van der Waals surface area contributed by atoms with Crippen LogP contribution in [0.25, 0.3) is 0 Å². The number of carbonyl (C=O) groups excluding carboxylic acids is 1. The van der Waals surface area contributed by atoms with Crippen molar-refractivity contribution in [2.45, 2.75) is 218 Å². The Hall–Kier alpha value is -1.17. The highest BCUT2D eigenvalue weighted by molar-refractivity contribution is 5.80. The van der Waals surface area contributed by atoms with E-state index in [0.29, 0.717) is 6.42 Å². The highest BCUT2D eigenvalue weighted by Gasteiger charge is 2.22. The molecule has 0 aromatic rings. The van der Waals surface area contributed by atoms with Crippen molar-refractivity contribution in [1.29, 1.82) is 0 Å². The first-order chi connectivity index (χ1) is 22.1. The Morgan fingerprint density at radius 2 is 0.889 bits per heavy atom. The molecule has 45 heavy (non-hydrogen) atoms. The normalized spacial score (nSPS) is 14.0. The Morgan fingerprint density at radius 3 is 1.29 bits per heavy atom. The molecule has 0 saturated heterocycles. The summed E-state index contributed by atoms with van der Waals surface area (Å²) in [5.74, 6) is -0.509. The van der Waals surface area contributed by atoms with Crippen LogP contribution in [0, 0.1) is 0 Å². The molecule has 5 nitrogen and oxygen atoms in total. The largest absolute Gasteiger partial charge is 0.394 e. The van der Waals surface area contributed by atoms with Crippen molar-refractivity contribution in [2.75, 3.05) is 6.61 Å². The molecule has 266 valence electrons. The number of aliphatic hydroxyl groups is 3. The molecule has 0 heterocycles. The van der Waals surface area contributed by atoms with Crippen LogP contribution < -0.4 is 5.32 Å². The van der Waals surface area contributed by atoms with Crippen molar-refractivity contribution in [3.63, 3.8) is 0 Å². The lowest BCUT2D eigenvalue weighted by Crippen LogP contribution is -2.48.